The number of hydrogen-bond donors (Lipinski definition) is 4. The van der Waals surface area contributed by atoms with Gasteiger partial charge in [0.1, 0.15) is 29.0 Å². The van der Waals surface area contributed by atoms with Crippen molar-refractivity contribution >= 4 is 45.6 Å². The summed E-state index contributed by atoms with van der Waals surface area (Å²) in [6.45, 7) is 7.94. The number of β-amino-alcohol motifs (C(OH)–C–C–N with tert-alkyl or cyclic N) is 1. The predicted molar refractivity (Wildman–Crippen MR) is 152 cm³/mol. The number of rotatable bonds is 9. The van der Waals surface area contributed by atoms with E-state index in [0.29, 0.717) is 41.1 Å². The lowest BCUT2D eigenvalue weighted by Gasteiger charge is -2.35. The predicted octanol–water partition coefficient (Wildman–Crippen LogP) is 4.10. The number of anilines is 5. The first-order valence-electron chi connectivity index (χ1n) is 12.9. The zero-order valence-electron chi connectivity index (χ0n) is 22.1. The van der Waals surface area contributed by atoms with Gasteiger partial charge in [-0.1, -0.05) is 29.5 Å². The number of carbonyl (C=O) groups is 1. The highest BCUT2D eigenvalue weighted by Crippen LogP contribution is 2.32. The van der Waals surface area contributed by atoms with E-state index in [1.54, 1.807) is 18.3 Å². The van der Waals surface area contributed by atoms with E-state index < -0.39 is 11.8 Å². The van der Waals surface area contributed by atoms with Crippen LogP contribution < -0.4 is 20.9 Å². The van der Waals surface area contributed by atoms with Gasteiger partial charge in [0.05, 0.1) is 17.2 Å². The number of aliphatic hydroxyl groups is 1. The number of carbonyl (C=O) groups excluding carboxylic acids is 1. The van der Waals surface area contributed by atoms with E-state index in [1.165, 1.54) is 23.5 Å². The van der Waals surface area contributed by atoms with Crippen molar-refractivity contribution in [2.75, 3.05) is 60.2 Å². The number of aryl methyl sites for hydroxylation is 2. The van der Waals surface area contributed by atoms with Gasteiger partial charge < -0.3 is 25.2 Å². The van der Waals surface area contributed by atoms with E-state index in [4.69, 9.17) is 9.63 Å². The van der Waals surface area contributed by atoms with Crippen molar-refractivity contribution in [1.29, 1.82) is 0 Å². The molecule has 0 aliphatic carbocycles. The highest BCUT2D eigenvalue weighted by Gasteiger charge is 2.19. The summed E-state index contributed by atoms with van der Waals surface area (Å²) in [6, 6.07) is 7.44. The van der Waals surface area contributed by atoms with Gasteiger partial charge in [0.2, 0.25) is 0 Å². The first kappa shape index (κ1) is 27.4. The molecule has 210 valence electrons. The van der Waals surface area contributed by atoms with Crippen LogP contribution in [-0.4, -0.2) is 75.5 Å². The fourth-order valence-corrected chi connectivity index (χ4v) is 5.09. The van der Waals surface area contributed by atoms with Crippen LogP contribution in [0, 0.1) is 12.7 Å². The van der Waals surface area contributed by atoms with Gasteiger partial charge in [-0.25, -0.2) is 24.1 Å². The van der Waals surface area contributed by atoms with E-state index in [2.05, 4.69) is 45.9 Å². The number of amides is 2. The zero-order chi connectivity index (χ0) is 28.1. The Morgan fingerprint density at radius 1 is 1.12 bits per heavy atom. The average molecular weight is 568 g/mol. The van der Waals surface area contributed by atoms with E-state index in [0.717, 1.165) is 36.9 Å². The summed E-state index contributed by atoms with van der Waals surface area (Å²) in [5, 5.41) is 21.8. The first-order valence-corrected chi connectivity index (χ1v) is 13.7. The molecule has 12 nitrogen and oxygen atoms in total. The van der Waals surface area contributed by atoms with Gasteiger partial charge in [-0.05, 0) is 24.6 Å². The molecular weight excluding hydrogens is 537 g/mol. The Morgan fingerprint density at radius 2 is 1.95 bits per heavy atom. The van der Waals surface area contributed by atoms with E-state index in [9.17, 15) is 9.18 Å². The number of piperazine rings is 1. The van der Waals surface area contributed by atoms with Crippen molar-refractivity contribution in [1.82, 2.24) is 25.0 Å². The molecule has 0 saturated carbocycles. The Balaban J connectivity index is 1.22. The summed E-state index contributed by atoms with van der Waals surface area (Å²) < 4.78 is 19.9. The van der Waals surface area contributed by atoms with Crippen molar-refractivity contribution in [3.05, 3.63) is 53.9 Å². The Hall–Kier alpha value is -4.14. The third kappa shape index (κ3) is 6.70. The minimum Gasteiger partial charge on any atom is -0.395 e. The summed E-state index contributed by atoms with van der Waals surface area (Å²) in [5.74, 6) is 2.39. The maximum absolute atomic E-state index is 14.8. The molecule has 1 aliphatic heterocycles. The Kier molecular flexibility index (Phi) is 8.48. The topological polar surface area (TPSA) is 145 Å². The van der Waals surface area contributed by atoms with Gasteiger partial charge in [0.15, 0.2) is 10.9 Å². The maximum atomic E-state index is 14.8. The van der Waals surface area contributed by atoms with E-state index >= 15 is 0 Å². The Bertz CT molecular complexity index is 1470. The average Bonchev–Trinajstić information content (AvgIpc) is 3.59. The van der Waals surface area contributed by atoms with Crippen LogP contribution in [0.1, 0.15) is 18.5 Å². The molecule has 0 atom stereocenters. The monoisotopic (exact) mass is 567 g/mol. The number of aromatic nitrogens is 4. The SMILES string of the molecule is CCc1cc(NC(=O)Nc2ccc(-c3cnc(Nc4cc(N5CCN(CCO)CC5)nc(C)n4)s3)cc2F)no1. The highest BCUT2D eigenvalue weighted by atomic mass is 32.1. The smallest absolute Gasteiger partial charge is 0.325 e. The number of urea groups is 1. The number of halogens is 1. The van der Waals surface area contributed by atoms with Crippen LogP contribution in [0.2, 0.25) is 0 Å². The van der Waals surface area contributed by atoms with Gasteiger partial charge in [-0.3, -0.25) is 10.2 Å². The number of nitrogens with one attached hydrogen (secondary N) is 3. The summed E-state index contributed by atoms with van der Waals surface area (Å²) in [4.78, 5) is 30.9. The lowest BCUT2D eigenvalue weighted by atomic mass is 10.2. The Labute approximate surface area is 234 Å². The van der Waals surface area contributed by atoms with Crippen LogP contribution in [0.5, 0.6) is 0 Å². The van der Waals surface area contributed by atoms with Gasteiger partial charge >= 0.3 is 6.03 Å². The van der Waals surface area contributed by atoms with Crippen LogP contribution in [0.15, 0.2) is 41.1 Å². The van der Waals surface area contributed by atoms with Gasteiger partial charge in [-0.2, -0.15) is 0 Å². The number of hydrogen-bond acceptors (Lipinski definition) is 11. The highest BCUT2D eigenvalue weighted by molar-refractivity contribution is 7.18. The first-order chi connectivity index (χ1) is 19.4. The minimum absolute atomic E-state index is 0.0320. The number of nitrogens with zero attached hydrogens (tertiary/aromatic N) is 6. The molecule has 3 aromatic heterocycles. The summed E-state index contributed by atoms with van der Waals surface area (Å²) >= 11 is 1.36. The number of benzene rings is 1. The fourth-order valence-electron chi connectivity index (χ4n) is 4.27. The van der Waals surface area contributed by atoms with Crippen molar-refractivity contribution in [2.24, 2.45) is 0 Å². The molecule has 14 heteroatoms. The Morgan fingerprint density at radius 3 is 2.67 bits per heavy atom. The minimum atomic E-state index is -0.626. The van der Waals surface area contributed by atoms with Crippen molar-refractivity contribution < 1.29 is 18.8 Å². The lowest BCUT2D eigenvalue weighted by molar-refractivity contribution is 0.188. The standard InChI is InChI=1S/C26H30FN9O3S/c1-3-18-13-23(34-39-18)32-25(38)31-20-5-4-17(12-19(20)27)21-15-28-26(40-21)33-22-14-24(30-16(2)29-22)36-8-6-35(7-9-36)10-11-37/h4-5,12-15,37H,3,6-11H2,1-2H3,(H,28,29,30,33)(H2,31,32,34,38). The molecule has 40 heavy (non-hydrogen) atoms. The molecule has 2 amide bonds. The van der Waals surface area contributed by atoms with Gasteiger partial charge in [0, 0.05) is 57.5 Å². The molecule has 0 bridgehead atoms. The molecule has 4 aromatic rings. The molecule has 1 saturated heterocycles. The normalized spacial score (nSPS) is 13.8. The lowest BCUT2D eigenvalue weighted by Crippen LogP contribution is -2.47. The van der Waals surface area contributed by atoms with Crippen LogP contribution >= 0.6 is 11.3 Å². The molecule has 5 rings (SSSR count). The second-order valence-electron chi connectivity index (χ2n) is 9.17. The third-order valence-corrected chi connectivity index (χ3v) is 7.29. The van der Waals surface area contributed by atoms with Gasteiger partial charge in [-0.15, -0.1) is 0 Å². The number of thiazole rings is 1. The summed E-state index contributed by atoms with van der Waals surface area (Å²) in [6.07, 6.45) is 2.30. The molecule has 0 radical (unpaired) electrons. The van der Waals surface area contributed by atoms with E-state index in [-0.39, 0.29) is 18.1 Å². The summed E-state index contributed by atoms with van der Waals surface area (Å²) in [5.41, 5.74) is 0.655. The van der Waals surface area contributed by atoms with Crippen LogP contribution in [0.3, 0.4) is 0 Å². The molecule has 0 spiro atoms. The van der Waals surface area contributed by atoms with Crippen LogP contribution in [-0.2, 0) is 6.42 Å². The van der Waals surface area contributed by atoms with Crippen molar-refractivity contribution in [3.8, 4) is 10.4 Å². The molecule has 4 N–H and O–H groups in total. The molecule has 1 fully saturated rings. The molecule has 1 aromatic carbocycles. The zero-order valence-corrected chi connectivity index (χ0v) is 23.0. The second kappa shape index (κ2) is 12.4. The molecule has 1 aliphatic rings. The van der Waals surface area contributed by atoms with Crippen LogP contribution in [0.25, 0.3) is 10.4 Å². The molecule has 4 heterocycles. The number of aliphatic hydroxyl groups excluding tert-OH is 1. The summed E-state index contributed by atoms with van der Waals surface area (Å²) in [7, 11) is 0. The largest absolute Gasteiger partial charge is 0.395 e. The third-order valence-electron chi connectivity index (χ3n) is 6.33. The van der Waals surface area contributed by atoms with Gasteiger partial charge in [0.25, 0.3) is 0 Å². The molecule has 0 unspecified atom stereocenters. The molecular formula is C26H30FN9O3S. The fraction of sp³-hybridized carbons (Fsp3) is 0.346. The van der Waals surface area contributed by atoms with Crippen LogP contribution in [0.4, 0.5) is 37.5 Å². The van der Waals surface area contributed by atoms with E-state index in [1.807, 2.05) is 19.9 Å². The second-order valence-corrected chi connectivity index (χ2v) is 10.2. The maximum Gasteiger partial charge on any atom is 0.325 e. The van der Waals surface area contributed by atoms with Crippen molar-refractivity contribution in [3.63, 3.8) is 0 Å². The quantitative estimate of drug-likeness (QED) is 0.233. The van der Waals surface area contributed by atoms with Crippen molar-refractivity contribution in [2.45, 2.75) is 20.3 Å².